The van der Waals surface area contributed by atoms with Crippen LogP contribution >= 0.6 is 11.3 Å². The standard InChI is InChI=1S/C28H34N4O2S/c1-29-17-25(33)31-26(20-10-3-2-4-11-20)28(34)32-16-8-15-24(32)27-30-23(18-35-27)22-14-7-12-19-9-5-6-13-21(19)22/h5-7,9,12-14,18,20,24,26,29H,2-4,8,10-11,15-17H2,1H3,(H,31,33). The number of benzene rings is 2. The van der Waals surface area contributed by atoms with E-state index in [2.05, 4.69) is 58.5 Å². The molecular formula is C28H34N4O2S. The Bertz CT molecular complexity index is 1180. The van der Waals surface area contributed by atoms with Gasteiger partial charge in [-0.3, -0.25) is 9.59 Å². The summed E-state index contributed by atoms with van der Waals surface area (Å²) in [6, 6.07) is 14.2. The highest BCUT2D eigenvalue weighted by molar-refractivity contribution is 7.10. The lowest BCUT2D eigenvalue weighted by molar-refractivity contribution is -0.139. The first-order chi connectivity index (χ1) is 17.2. The second-order valence-corrected chi connectivity index (χ2v) is 10.7. The number of fused-ring (bicyclic) bond motifs is 1. The molecule has 2 fully saturated rings. The van der Waals surface area contributed by atoms with E-state index >= 15 is 0 Å². The number of carbonyl (C=O) groups is 2. The van der Waals surface area contributed by atoms with E-state index in [1.807, 2.05) is 4.90 Å². The van der Waals surface area contributed by atoms with Gasteiger partial charge < -0.3 is 15.5 Å². The Hall–Kier alpha value is -2.77. The van der Waals surface area contributed by atoms with Crippen molar-refractivity contribution in [2.75, 3.05) is 20.1 Å². The van der Waals surface area contributed by atoms with E-state index in [0.717, 1.165) is 61.3 Å². The van der Waals surface area contributed by atoms with Gasteiger partial charge >= 0.3 is 0 Å². The molecule has 2 unspecified atom stereocenters. The minimum atomic E-state index is -0.450. The van der Waals surface area contributed by atoms with Crippen molar-refractivity contribution >= 4 is 33.9 Å². The normalized spacial score (nSPS) is 19.7. The van der Waals surface area contributed by atoms with Gasteiger partial charge in [0.2, 0.25) is 11.8 Å². The van der Waals surface area contributed by atoms with Crippen LogP contribution in [0.5, 0.6) is 0 Å². The fourth-order valence-corrected chi connectivity index (χ4v) is 6.68. The van der Waals surface area contributed by atoms with Gasteiger partial charge in [0.25, 0.3) is 0 Å². The molecule has 2 atom stereocenters. The van der Waals surface area contributed by atoms with Gasteiger partial charge in [0.15, 0.2) is 0 Å². The van der Waals surface area contributed by atoms with Crippen molar-refractivity contribution in [3.63, 3.8) is 0 Å². The molecule has 7 heteroatoms. The van der Waals surface area contributed by atoms with Crippen LogP contribution in [0.2, 0.25) is 0 Å². The number of thiazole rings is 1. The third-order valence-electron chi connectivity index (χ3n) is 7.45. The molecular weight excluding hydrogens is 456 g/mol. The number of aromatic nitrogens is 1. The molecule has 0 radical (unpaired) electrons. The van der Waals surface area contributed by atoms with E-state index in [0.29, 0.717) is 0 Å². The quantitative estimate of drug-likeness (QED) is 0.493. The van der Waals surface area contributed by atoms with Gasteiger partial charge in [-0.2, -0.15) is 0 Å². The molecule has 2 aromatic carbocycles. The summed E-state index contributed by atoms with van der Waals surface area (Å²) in [5.74, 6) is 0.159. The van der Waals surface area contributed by atoms with E-state index in [9.17, 15) is 9.59 Å². The molecule has 35 heavy (non-hydrogen) atoms. The molecule has 1 aliphatic carbocycles. The molecule has 3 aromatic rings. The summed E-state index contributed by atoms with van der Waals surface area (Å²) >= 11 is 1.64. The summed E-state index contributed by atoms with van der Waals surface area (Å²) in [7, 11) is 1.75. The fourth-order valence-electron chi connectivity index (χ4n) is 5.71. The third-order valence-corrected chi connectivity index (χ3v) is 8.40. The monoisotopic (exact) mass is 490 g/mol. The average molecular weight is 491 g/mol. The Morgan fingerprint density at radius 2 is 1.86 bits per heavy atom. The van der Waals surface area contributed by atoms with Crippen LogP contribution in [0.1, 0.15) is 56.0 Å². The molecule has 2 aliphatic rings. The number of hydrogen-bond acceptors (Lipinski definition) is 5. The Kier molecular flexibility index (Phi) is 7.44. The maximum Gasteiger partial charge on any atom is 0.246 e. The van der Waals surface area contributed by atoms with Gasteiger partial charge in [-0.05, 0) is 49.4 Å². The Labute approximate surface area is 211 Å². The van der Waals surface area contributed by atoms with Gasteiger partial charge in [0, 0.05) is 17.5 Å². The smallest absolute Gasteiger partial charge is 0.246 e. The number of likely N-dealkylation sites (tertiary alicyclic amines) is 1. The van der Waals surface area contributed by atoms with E-state index in [-0.39, 0.29) is 30.3 Å². The topological polar surface area (TPSA) is 74.3 Å². The predicted molar refractivity (Wildman–Crippen MR) is 141 cm³/mol. The molecule has 1 aromatic heterocycles. The van der Waals surface area contributed by atoms with Crippen LogP contribution in [0.4, 0.5) is 0 Å². The van der Waals surface area contributed by atoms with E-state index in [1.54, 1.807) is 18.4 Å². The molecule has 0 spiro atoms. The van der Waals surface area contributed by atoms with Crippen LogP contribution < -0.4 is 10.6 Å². The Morgan fingerprint density at radius 1 is 1.06 bits per heavy atom. The van der Waals surface area contributed by atoms with Gasteiger partial charge in [0.05, 0.1) is 18.3 Å². The molecule has 6 nitrogen and oxygen atoms in total. The lowest BCUT2D eigenvalue weighted by Crippen LogP contribution is -2.53. The number of amides is 2. The number of nitrogens with one attached hydrogen (secondary N) is 2. The SMILES string of the molecule is CNCC(=O)NC(C(=O)N1CCCC1c1nc(-c2cccc3ccccc23)cs1)C1CCCCC1. The van der Waals surface area contributed by atoms with Gasteiger partial charge in [-0.1, -0.05) is 61.7 Å². The van der Waals surface area contributed by atoms with Crippen molar-refractivity contribution < 1.29 is 9.59 Å². The van der Waals surface area contributed by atoms with Crippen molar-refractivity contribution in [1.29, 1.82) is 0 Å². The van der Waals surface area contributed by atoms with Crippen LogP contribution in [-0.2, 0) is 9.59 Å². The lowest BCUT2D eigenvalue weighted by atomic mass is 9.83. The average Bonchev–Trinajstić information content (AvgIpc) is 3.57. The van der Waals surface area contributed by atoms with Crippen LogP contribution in [-0.4, -0.2) is 47.9 Å². The van der Waals surface area contributed by atoms with Gasteiger partial charge in [-0.25, -0.2) is 4.98 Å². The first-order valence-electron chi connectivity index (χ1n) is 12.8. The molecule has 1 saturated carbocycles. The molecule has 1 aliphatic heterocycles. The molecule has 2 N–H and O–H groups in total. The molecule has 2 amide bonds. The summed E-state index contributed by atoms with van der Waals surface area (Å²) in [5, 5.41) is 11.5. The predicted octanol–water partition coefficient (Wildman–Crippen LogP) is 4.91. The second kappa shape index (κ2) is 10.9. The van der Waals surface area contributed by atoms with Crippen molar-refractivity contribution in [2.45, 2.75) is 57.0 Å². The first kappa shape index (κ1) is 23.9. The van der Waals surface area contributed by atoms with Crippen molar-refractivity contribution in [1.82, 2.24) is 20.5 Å². The Balaban J connectivity index is 1.39. The molecule has 184 valence electrons. The first-order valence-corrected chi connectivity index (χ1v) is 13.7. The van der Waals surface area contributed by atoms with Crippen molar-refractivity contribution in [3.05, 3.63) is 52.9 Å². The van der Waals surface area contributed by atoms with Crippen LogP contribution in [0, 0.1) is 5.92 Å². The van der Waals surface area contributed by atoms with Crippen LogP contribution in [0.3, 0.4) is 0 Å². The highest BCUT2D eigenvalue weighted by Crippen LogP contribution is 2.38. The lowest BCUT2D eigenvalue weighted by Gasteiger charge is -2.34. The largest absolute Gasteiger partial charge is 0.343 e. The number of likely N-dealkylation sites (N-methyl/N-ethyl adjacent to an activating group) is 1. The zero-order chi connectivity index (χ0) is 24.2. The summed E-state index contributed by atoms with van der Waals surface area (Å²) in [6.07, 6.45) is 7.33. The zero-order valence-corrected chi connectivity index (χ0v) is 21.2. The summed E-state index contributed by atoms with van der Waals surface area (Å²) < 4.78 is 0. The van der Waals surface area contributed by atoms with Crippen LogP contribution in [0.25, 0.3) is 22.0 Å². The zero-order valence-electron chi connectivity index (χ0n) is 20.3. The van der Waals surface area contributed by atoms with Crippen molar-refractivity contribution in [3.8, 4) is 11.3 Å². The van der Waals surface area contributed by atoms with Crippen molar-refractivity contribution in [2.24, 2.45) is 5.92 Å². The third kappa shape index (κ3) is 5.11. The Morgan fingerprint density at radius 3 is 2.69 bits per heavy atom. The fraction of sp³-hybridized carbons (Fsp3) is 0.464. The number of nitrogens with zero attached hydrogens (tertiary/aromatic N) is 2. The summed E-state index contributed by atoms with van der Waals surface area (Å²) in [4.78, 5) is 33.4. The van der Waals surface area contributed by atoms with Gasteiger partial charge in [-0.15, -0.1) is 11.3 Å². The van der Waals surface area contributed by atoms with E-state index < -0.39 is 6.04 Å². The van der Waals surface area contributed by atoms with Gasteiger partial charge in [0.1, 0.15) is 11.0 Å². The maximum absolute atomic E-state index is 13.9. The number of rotatable bonds is 7. The molecule has 0 bridgehead atoms. The number of carbonyl (C=O) groups excluding carboxylic acids is 2. The maximum atomic E-state index is 13.9. The highest BCUT2D eigenvalue weighted by Gasteiger charge is 2.39. The van der Waals surface area contributed by atoms with E-state index in [1.165, 1.54) is 17.2 Å². The summed E-state index contributed by atoms with van der Waals surface area (Å²) in [5.41, 5.74) is 2.09. The highest BCUT2D eigenvalue weighted by atomic mass is 32.1. The second-order valence-electron chi connectivity index (χ2n) is 9.76. The summed E-state index contributed by atoms with van der Waals surface area (Å²) in [6.45, 7) is 0.943. The van der Waals surface area contributed by atoms with E-state index in [4.69, 9.17) is 4.98 Å². The van der Waals surface area contributed by atoms with Crippen LogP contribution in [0.15, 0.2) is 47.8 Å². The minimum Gasteiger partial charge on any atom is -0.343 e. The molecule has 5 rings (SSSR count). The minimum absolute atomic E-state index is 0.0245. The number of hydrogen-bond donors (Lipinski definition) is 2. The molecule has 1 saturated heterocycles. The molecule has 2 heterocycles.